The summed E-state index contributed by atoms with van der Waals surface area (Å²) in [5.74, 6) is 0.773. The number of hydrogen-bond acceptors (Lipinski definition) is 3. The lowest BCUT2D eigenvalue weighted by molar-refractivity contribution is 0.223. The highest BCUT2D eigenvalue weighted by atomic mass is 16.5. The maximum atomic E-state index is 11.6. The number of pyridine rings is 1. The van der Waals surface area contributed by atoms with Crippen LogP contribution < -0.4 is 15.4 Å². The number of nitrogens with zero attached hydrogens (tertiary/aromatic N) is 1. The second-order valence-corrected chi connectivity index (χ2v) is 4.77. The number of carbonyl (C=O) groups excluding carboxylic acids is 1. The lowest BCUT2D eigenvalue weighted by Gasteiger charge is -2.11. The second-order valence-electron chi connectivity index (χ2n) is 4.77. The van der Waals surface area contributed by atoms with Crippen LogP contribution in [-0.4, -0.2) is 17.7 Å². The van der Waals surface area contributed by atoms with Crippen LogP contribution in [0.2, 0.25) is 0 Å². The molecule has 1 heterocycles. The number of rotatable bonds is 5. The van der Waals surface area contributed by atoms with E-state index in [1.54, 1.807) is 12.4 Å². The molecule has 2 aromatic rings. The summed E-state index contributed by atoms with van der Waals surface area (Å²) in [6.07, 6.45) is 3.39. The molecule has 0 radical (unpaired) electrons. The molecule has 2 N–H and O–H groups in total. The van der Waals surface area contributed by atoms with E-state index < -0.39 is 0 Å². The fraction of sp³-hybridized carbons (Fsp3) is 0.250. The predicted octanol–water partition coefficient (Wildman–Crippen LogP) is 2.53. The summed E-state index contributed by atoms with van der Waals surface area (Å²) in [7, 11) is 0. The Bertz CT molecular complexity index is 600. The van der Waals surface area contributed by atoms with Crippen LogP contribution in [0.15, 0.2) is 42.7 Å². The van der Waals surface area contributed by atoms with Gasteiger partial charge in [0.05, 0.1) is 0 Å². The van der Waals surface area contributed by atoms with Crippen molar-refractivity contribution in [3.8, 4) is 5.75 Å². The zero-order valence-corrected chi connectivity index (χ0v) is 12.2. The SMILES string of the molecule is Cc1ccc(OCNC(=O)NCc2ccncc2)c(C)c1. The minimum Gasteiger partial charge on any atom is -0.473 e. The minimum absolute atomic E-state index is 0.131. The third kappa shape index (κ3) is 4.80. The number of aryl methyl sites for hydroxylation is 2. The van der Waals surface area contributed by atoms with Gasteiger partial charge in [0.1, 0.15) is 5.75 Å². The summed E-state index contributed by atoms with van der Waals surface area (Å²) in [4.78, 5) is 15.5. The molecule has 110 valence electrons. The zero-order chi connectivity index (χ0) is 15.1. The number of carbonyl (C=O) groups is 1. The van der Waals surface area contributed by atoms with Gasteiger partial charge in [0.2, 0.25) is 0 Å². The Morgan fingerprint density at radius 1 is 1.14 bits per heavy atom. The van der Waals surface area contributed by atoms with Crippen LogP contribution >= 0.6 is 0 Å². The molecular weight excluding hydrogens is 266 g/mol. The van der Waals surface area contributed by atoms with Crippen LogP contribution in [0.4, 0.5) is 4.79 Å². The molecule has 2 rings (SSSR count). The lowest BCUT2D eigenvalue weighted by Crippen LogP contribution is -2.37. The number of amides is 2. The number of aromatic nitrogens is 1. The highest BCUT2D eigenvalue weighted by molar-refractivity contribution is 5.73. The first kappa shape index (κ1) is 14.8. The van der Waals surface area contributed by atoms with Crippen LogP contribution in [0.3, 0.4) is 0 Å². The molecule has 5 nitrogen and oxygen atoms in total. The zero-order valence-electron chi connectivity index (χ0n) is 12.2. The van der Waals surface area contributed by atoms with Gasteiger partial charge in [-0.15, -0.1) is 0 Å². The van der Waals surface area contributed by atoms with Gasteiger partial charge in [-0.3, -0.25) is 4.98 Å². The molecule has 0 atom stereocenters. The quantitative estimate of drug-likeness (QED) is 0.830. The molecule has 0 aliphatic carbocycles. The number of ether oxygens (including phenoxy) is 1. The van der Waals surface area contributed by atoms with E-state index in [0.717, 1.165) is 16.9 Å². The summed E-state index contributed by atoms with van der Waals surface area (Å²) >= 11 is 0. The van der Waals surface area contributed by atoms with Gasteiger partial charge < -0.3 is 15.4 Å². The van der Waals surface area contributed by atoms with E-state index in [0.29, 0.717) is 6.54 Å². The number of urea groups is 1. The van der Waals surface area contributed by atoms with Crippen molar-refractivity contribution in [3.63, 3.8) is 0 Å². The standard InChI is InChI=1S/C16H19N3O2/c1-12-3-4-15(13(2)9-12)21-11-19-16(20)18-10-14-5-7-17-8-6-14/h3-9H,10-11H2,1-2H3,(H2,18,19,20). The van der Waals surface area contributed by atoms with Gasteiger partial charge >= 0.3 is 6.03 Å². The molecule has 0 aliphatic rings. The number of benzene rings is 1. The van der Waals surface area contributed by atoms with Crippen LogP contribution in [-0.2, 0) is 6.54 Å². The maximum Gasteiger partial charge on any atom is 0.317 e. The van der Waals surface area contributed by atoms with E-state index in [-0.39, 0.29) is 12.8 Å². The van der Waals surface area contributed by atoms with Gasteiger partial charge in [0.25, 0.3) is 0 Å². The van der Waals surface area contributed by atoms with E-state index in [4.69, 9.17) is 4.74 Å². The van der Waals surface area contributed by atoms with E-state index >= 15 is 0 Å². The van der Waals surface area contributed by atoms with E-state index in [1.807, 2.05) is 44.2 Å². The molecule has 0 saturated carbocycles. The Kier molecular flexibility index (Phi) is 5.15. The van der Waals surface area contributed by atoms with Crippen LogP contribution in [0.5, 0.6) is 5.75 Å². The first-order valence-corrected chi connectivity index (χ1v) is 6.76. The summed E-state index contributed by atoms with van der Waals surface area (Å²) < 4.78 is 5.53. The molecule has 0 fully saturated rings. The lowest BCUT2D eigenvalue weighted by atomic mass is 10.1. The normalized spacial score (nSPS) is 10.0. The third-order valence-electron chi connectivity index (χ3n) is 2.99. The average molecular weight is 285 g/mol. The molecule has 0 saturated heterocycles. The first-order chi connectivity index (χ1) is 10.1. The Balaban J connectivity index is 1.72. The molecule has 5 heteroatoms. The van der Waals surface area contributed by atoms with Crippen molar-refractivity contribution in [1.82, 2.24) is 15.6 Å². The van der Waals surface area contributed by atoms with Crippen molar-refractivity contribution in [3.05, 3.63) is 59.4 Å². The fourth-order valence-electron chi connectivity index (χ4n) is 1.89. The van der Waals surface area contributed by atoms with Gasteiger partial charge in [0.15, 0.2) is 6.73 Å². The molecule has 0 aliphatic heterocycles. The molecule has 21 heavy (non-hydrogen) atoms. The van der Waals surface area contributed by atoms with Gasteiger partial charge in [-0.25, -0.2) is 4.79 Å². The molecular formula is C16H19N3O2. The summed E-state index contributed by atoms with van der Waals surface area (Å²) in [5, 5.41) is 5.41. The Labute approximate surface area is 124 Å². The monoisotopic (exact) mass is 285 g/mol. The molecule has 0 spiro atoms. The maximum absolute atomic E-state index is 11.6. The summed E-state index contributed by atoms with van der Waals surface area (Å²) in [5.41, 5.74) is 3.23. The van der Waals surface area contributed by atoms with Crippen molar-refractivity contribution >= 4 is 6.03 Å². The first-order valence-electron chi connectivity index (χ1n) is 6.76. The average Bonchev–Trinajstić information content (AvgIpc) is 2.48. The smallest absolute Gasteiger partial charge is 0.317 e. The Hall–Kier alpha value is -2.56. The van der Waals surface area contributed by atoms with Gasteiger partial charge in [-0.1, -0.05) is 17.7 Å². The van der Waals surface area contributed by atoms with E-state index in [1.165, 1.54) is 5.56 Å². The van der Waals surface area contributed by atoms with Crippen LogP contribution in [0.1, 0.15) is 16.7 Å². The Morgan fingerprint density at radius 3 is 2.62 bits per heavy atom. The highest BCUT2D eigenvalue weighted by Gasteiger charge is 2.02. The Morgan fingerprint density at radius 2 is 1.90 bits per heavy atom. The van der Waals surface area contributed by atoms with Crippen molar-refractivity contribution in [2.75, 3.05) is 6.73 Å². The second kappa shape index (κ2) is 7.28. The summed E-state index contributed by atoms with van der Waals surface area (Å²) in [6.45, 7) is 4.59. The van der Waals surface area contributed by atoms with Crippen molar-refractivity contribution < 1.29 is 9.53 Å². The van der Waals surface area contributed by atoms with E-state index in [2.05, 4.69) is 15.6 Å². The van der Waals surface area contributed by atoms with Gasteiger partial charge in [-0.05, 0) is 43.2 Å². The third-order valence-corrected chi connectivity index (χ3v) is 2.99. The van der Waals surface area contributed by atoms with Crippen molar-refractivity contribution in [2.45, 2.75) is 20.4 Å². The van der Waals surface area contributed by atoms with Crippen LogP contribution in [0, 0.1) is 13.8 Å². The van der Waals surface area contributed by atoms with Crippen molar-refractivity contribution in [1.29, 1.82) is 0 Å². The fourth-order valence-corrected chi connectivity index (χ4v) is 1.89. The minimum atomic E-state index is -0.267. The molecule has 0 bridgehead atoms. The van der Waals surface area contributed by atoms with E-state index in [9.17, 15) is 4.79 Å². The number of nitrogens with one attached hydrogen (secondary N) is 2. The predicted molar refractivity (Wildman–Crippen MR) is 81.0 cm³/mol. The highest BCUT2D eigenvalue weighted by Crippen LogP contribution is 2.18. The summed E-state index contributed by atoms with van der Waals surface area (Å²) in [6, 6.07) is 9.36. The largest absolute Gasteiger partial charge is 0.473 e. The molecule has 2 amide bonds. The van der Waals surface area contributed by atoms with Crippen molar-refractivity contribution in [2.24, 2.45) is 0 Å². The molecule has 0 unspecified atom stereocenters. The van der Waals surface area contributed by atoms with Crippen LogP contribution in [0.25, 0.3) is 0 Å². The number of hydrogen-bond donors (Lipinski definition) is 2. The topological polar surface area (TPSA) is 63.2 Å². The van der Waals surface area contributed by atoms with Gasteiger partial charge in [-0.2, -0.15) is 0 Å². The molecule has 1 aromatic heterocycles. The molecule has 1 aromatic carbocycles. The van der Waals surface area contributed by atoms with Gasteiger partial charge in [0, 0.05) is 18.9 Å².